The molecule has 0 fully saturated rings. The van der Waals surface area contributed by atoms with Crippen LogP contribution in [-0.4, -0.2) is 46.5 Å². The predicted octanol–water partition coefficient (Wildman–Crippen LogP) is 2.62. The topological polar surface area (TPSA) is 67.4 Å². The number of nitrogens with one attached hydrogen (secondary N) is 1. The average Bonchev–Trinajstić information content (AvgIpc) is 3.21. The number of amides is 1. The van der Waals surface area contributed by atoms with Crippen molar-refractivity contribution in [2.75, 3.05) is 13.6 Å². The summed E-state index contributed by atoms with van der Waals surface area (Å²) in [7, 11) is 2.01. The molecule has 3 heterocycles. The molecule has 1 N–H and O–H groups in total. The second-order valence-electron chi connectivity index (χ2n) is 7.98. The molecule has 0 spiro atoms. The number of carbonyl (C=O) groups is 1. The molecule has 2 atom stereocenters. The Balaban J connectivity index is 1.24. The average molecular weight is 400 g/mol. The van der Waals surface area contributed by atoms with Crippen molar-refractivity contribution < 1.29 is 9.53 Å². The lowest BCUT2D eigenvalue weighted by Gasteiger charge is -2.33. The molecular formula is C24H24N4O2. The lowest BCUT2D eigenvalue weighted by atomic mass is 9.94. The summed E-state index contributed by atoms with van der Waals surface area (Å²) in [6, 6.07) is 14.3. The van der Waals surface area contributed by atoms with E-state index >= 15 is 0 Å². The zero-order valence-corrected chi connectivity index (χ0v) is 16.9. The highest BCUT2D eigenvalue weighted by Gasteiger charge is 2.31. The van der Waals surface area contributed by atoms with E-state index in [0.717, 1.165) is 42.0 Å². The number of fused-ring (bicyclic) bond motifs is 2. The molecule has 2 aromatic carbocycles. The van der Waals surface area contributed by atoms with E-state index in [1.54, 1.807) is 18.6 Å². The summed E-state index contributed by atoms with van der Waals surface area (Å²) in [4.78, 5) is 23.6. The van der Waals surface area contributed by atoms with Crippen molar-refractivity contribution >= 4 is 5.91 Å². The molecule has 3 aromatic rings. The van der Waals surface area contributed by atoms with Crippen LogP contribution in [0.3, 0.4) is 0 Å². The molecule has 30 heavy (non-hydrogen) atoms. The molecule has 5 rings (SSSR count). The van der Waals surface area contributed by atoms with Gasteiger partial charge >= 0.3 is 0 Å². The van der Waals surface area contributed by atoms with Gasteiger partial charge in [0.1, 0.15) is 11.9 Å². The van der Waals surface area contributed by atoms with Gasteiger partial charge in [-0.3, -0.25) is 19.7 Å². The number of benzene rings is 2. The molecule has 2 aliphatic rings. The Labute approximate surface area is 175 Å². The maximum Gasteiger partial charge on any atom is 0.237 e. The van der Waals surface area contributed by atoms with Crippen molar-refractivity contribution in [3.05, 3.63) is 77.7 Å². The van der Waals surface area contributed by atoms with Crippen molar-refractivity contribution in [3.63, 3.8) is 0 Å². The summed E-state index contributed by atoms with van der Waals surface area (Å²) in [6.45, 7) is 1.28. The van der Waals surface area contributed by atoms with Crippen LogP contribution in [0, 0.1) is 0 Å². The Kier molecular flexibility index (Phi) is 4.93. The molecule has 6 heteroatoms. The molecule has 2 aliphatic heterocycles. The number of ether oxygens (including phenoxy) is 1. The van der Waals surface area contributed by atoms with Gasteiger partial charge in [-0.05, 0) is 36.2 Å². The third kappa shape index (κ3) is 3.55. The molecule has 0 radical (unpaired) electrons. The molecule has 1 aromatic heterocycles. The van der Waals surface area contributed by atoms with Crippen LogP contribution in [0.2, 0.25) is 0 Å². The lowest BCUT2D eigenvalue weighted by Crippen LogP contribution is -2.50. The van der Waals surface area contributed by atoms with Crippen molar-refractivity contribution in [2.45, 2.75) is 31.5 Å². The van der Waals surface area contributed by atoms with Gasteiger partial charge in [0.05, 0.1) is 24.5 Å². The van der Waals surface area contributed by atoms with Gasteiger partial charge in [0.15, 0.2) is 0 Å². The highest BCUT2D eigenvalue weighted by atomic mass is 16.5. The summed E-state index contributed by atoms with van der Waals surface area (Å²) in [5.74, 6) is 0.904. The summed E-state index contributed by atoms with van der Waals surface area (Å²) in [5.41, 5.74) is 5.43. The van der Waals surface area contributed by atoms with Crippen molar-refractivity contribution in [1.29, 1.82) is 0 Å². The summed E-state index contributed by atoms with van der Waals surface area (Å²) >= 11 is 0. The first-order chi connectivity index (χ1) is 14.7. The SMILES string of the molecule is CN1Cc2ccccc2C[C@@H]1C(=O)NC[C@@H]1Cc2cccc(-c3cnccn3)c2O1. The van der Waals surface area contributed by atoms with Crippen molar-refractivity contribution in [1.82, 2.24) is 20.2 Å². The first-order valence-electron chi connectivity index (χ1n) is 10.3. The molecule has 0 saturated heterocycles. The van der Waals surface area contributed by atoms with Crippen molar-refractivity contribution in [2.24, 2.45) is 0 Å². The zero-order valence-electron chi connectivity index (χ0n) is 16.9. The fourth-order valence-corrected chi connectivity index (χ4v) is 4.37. The molecule has 152 valence electrons. The molecular weight excluding hydrogens is 376 g/mol. The van der Waals surface area contributed by atoms with Gasteiger partial charge in [0, 0.05) is 30.9 Å². The highest BCUT2D eigenvalue weighted by Crippen LogP contribution is 2.37. The number of hydrogen-bond acceptors (Lipinski definition) is 5. The zero-order chi connectivity index (χ0) is 20.5. The van der Waals surface area contributed by atoms with Crippen LogP contribution in [0.15, 0.2) is 61.1 Å². The molecule has 0 bridgehead atoms. The molecule has 6 nitrogen and oxygen atoms in total. The predicted molar refractivity (Wildman–Crippen MR) is 114 cm³/mol. The molecule has 1 amide bonds. The maximum absolute atomic E-state index is 12.9. The van der Waals surface area contributed by atoms with Crippen LogP contribution in [0.25, 0.3) is 11.3 Å². The fraction of sp³-hybridized carbons (Fsp3) is 0.292. The van der Waals surface area contributed by atoms with Crippen LogP contribution in [-0.2, 0) is 24.2 Å². The van der Waals surface area contributed by atoms with Gasteiger partial charge in [0.25, 0.3) is 0 Å². The van der Waals surface area contributed by atoms with E-state index in [9.17, 15) is 4.79 Å². The van der Waals surface area contributed by atoms with Crippen LogP contribution >= 0.6 is 0 Å². The minimum atomic E-state index is -0.154. The smallest absolute Gasteiger partial charge is 0.237 e. The van der Waals surface area contributed by atoms with E-state index in [-0.39, 0.29) is 18.1 Å². The van der Waals surface area contributed by atoms with Crippen LogP contribution in [0.4, 0.5) is 0 Å². The second kappa shape index (κ2) is 7.88. The number of likely N-dealkylation sites (N-methyl/N-ethyl adjacent to an activating group) is 1. The molecule has 0 aliphatic carbocycles. The quantitative estimate of drug-likeness (QED) is 0.729. The highest BCUT2D eigenvalue weighted by molar-refractivity contribution is 5.82. The van der Waals surface area contributed by atoms with Crippen LogP contribution < -0.4 is 10.1 Å². The third-order valence-corrected chi connectivity index (χ3v) is 5.96. The van der Waals surface area contributed by atoms with E-state index < -0.39 is 0 Å². The van der Waals surface area contributed by atoms with E-state index in [2.05, 4.69) is 44.5 Å². The normalized spacial score (nSPS) is 20.2. The van der Waals surface area contributed by atoms with E-state index in [1.807, 2.05) is 25.2 Å². The number of para-hydroxylation sites is 1. The Morgan fingerprint density at radius 1 is 1.10 bits per heavy atom. The Bertz CT molecular complexity index is 1070. The van der Waals surface area contributed by atoms with Crippen LogP contribution in [0.1, 0.15) is 16.7 Å². The number of aromatic nitrogens is 2. The van der Waals surface area contributed by atoms with E-state index in [4.69, 9.17) is 4.74 Å². The first-order valence-corrected chi connectivity index (χ1v) is 10.3. The van der Waals surface area contributed by atoms with Gasteiger partial charge in [-0.2, -0.15) is 0 Å². The summed E-state index contributed by atoms with van der Waals surface area (Å²) in [6.07, 6.45) is 6.51. The van der Waals surface area contributed by atoms with Crippen molar-refractivity contribution in [3.8, 4) is 17.0 Å². The standard InChI is InChI=1S/C24H24N4O2/c1-28-15-18-6-3-2-5-16(18)12-22(28)24(29)27-13-19-11-17-7-4-8-20(23(17)30-19)21-14-25-9-10-26-21/h2-10,14,19,22H,11-13,15H2,1H3,(H,27,29)/t19-,22+/m0/s1. The monoisotopic (exact) mass is 400 g/mol. The fourth-order valence-electron chi connectivity index (χ4n) is 4.37. The molecule has 0 saturated carbocycles. The Hall–Kier alpha value is -3.25. The largest absolute Gasteiger partial charge is 0.487 e. The number of rotatable bonds is 4. The third-order valence-electron chi connectivity index (χ3n) is 5.96. The minimum Gasteiger partial charge on any atom is -0.487 e. The maximum atomic E-state index is 12.9. The van der Waals surface area contributed by atoms with E-state index in [1.165, 1.54) is 11.1 Å². The first kappa shape index (κ1) is 18.8. The van der Waals surface area contributed by atoms with Gasteiger partial charge in [-0.15, -0.1) is 0 Å². The Morgan fingerprint density at radius 3 is 2.77 bits per heavy atom. The van der Waals surface area contributed by atoms with Gasteiger partial charge < -0.3 is 10.1 Å². The van der Waals surface area contributed by atoms with E-state index in [0.29, 0.717) is 6.54 Å². The number of nitrogens with zero attached hydrogens (tertiary/aromatic N) is 3. The number of hydrogen-bond donors (Lipinski definition) is 1. The minimum absolute atomic E-state index is 0.0562. The van der Waals surface area contributed by atoms with Gasteiger partial charge in [-0.1, -0.05) is 36.4 Å². The van der Waals surface area contributed by atoms with Crippen LogP contribution in [0.5, 0.6) is 5.75 Å². The van der Waals surface area contributed by atoms with Gasteiger partial charge in [-0.25, -0.2) is 0 Å². The lowest BCUT2D eigenvalue weighted by molar-refractivity contribution is -0.126. The molecule has 0 unspecified atom stereocenters. The summed E-state index contributed by atoms with van der Waals surface area (Å²) in [5, 5.41) is 3.12. The Morgan fingerprint density at radius 2 is 1.93 bits per heavy atom. The van der Waals surface area contributed by atoms with Gasteiger partial charge in [0.2, 0.25) is 5.91 Å². The summed E-state index contributed by atoms with van der Waals surface area (Å²) < 4.78 is 6.22. The second-order valence-corrected chi connectivity index (χ2v) is 7.98. The number of carbonyl (C=O) groups excluding carboxylic acids is 1.